The summed E-state index contributed by atoms with van der Waals surface area (Å²) in [4.78, 5) is 23.7. The van der Waals surface area contributed by atoms with Crippen LogP contribution in [0.5, 0.6) is 0 Å². The molecule has 0 aliphatic carbocycles. The molecule has 2 rings (SSSR count). The molecule has 1 aliphatic heterocycles. The van der Waals surface area contributed by atoms with Crippen LogP contribution in [0.25, 0.3) is 0 Å². The molecule has 0 bridgehead atoms. The fourth-order valence-corrected chi connectivity index (χ4v) is 1.56. The van der Waals surface area contributed by atoms with Gasteiger partial charge in [-0.3, -0.25) is 14.8 Å². The van der Waals surface area contributed by atoms with Crippen LogP contribution in [0.3, 0.4) is 0 Å². The summed E-state index contributed by atoms with van der Waals surface area (Å²) in [6.07, 6.45) is 1.87. The molecular formula is C10H14N4O2. The van der Waals surface area contributed by atoms with Gasteiger partial charge < -0.3 is 4.90 Å². The first-order chi connectivity index (χ1) is 7.56. The van der Waals surface area contributed by atoms with Crippen molar-refractivity contribution in [3.63, 3.8) is 0 Å². The Morgan fingerprint density at radius 1 is 1.50 bits per heavy atom. The SMILES string of the molecule is CC(C)n1ccc(CN2CC(=O)NC2=O)n1. The summed E-state index contributed by atoms with van der Waals surface area (Å²) in [7, 11) is 0. The maximum atomic E-state index is 11.3. The third-order valence-corrected chi connectivity index (χ3v) is 2.41. The Hall–Kier alpha value is -1.85. The number of carbonyl (C=O) groups excluding carboxylic acids is 2. The number of hydrogen-bond donors (Lipinski definition) is 1. The van der Waals surface area contributed by atoms with Crippen LogP contribution in [0.1, 0.15) is 25.6 Å². The fourth-order valence-electron chi connectivity index (χ4n) is 1.56. The summed E-state index contributed by atoms with van der Waals surface area (Å²) in [6.45, 7) is 4.55. The zero-order valence-electron chi connectivity index (χ0n) is 9.30. The van der Waals surface area contributed by atoms with E-state index in [-0.39, 0.29) is 18.5 Å². The van der Waals surface area contributed by atoms with E-state index in [1.54, 1.807) is 0 Å². The summed E-state index contributed by atoms with van der Waals surface area (Å²) < 4.78 is 1.82. The van der Waals surface area contributed by atoms with Crippen LogP contribution >= 0.6 is 0 Å². The number of aromatic nitrogens is 2. The molecule has 0 radical (unpaired) electrons. The van der Waals surface area contributed by atoms with Crippen molar-refractivity contribution in [2.45, 2.75) is 26.4 Å². The quantitative estimate of drug-likeness (QED) is 0.758. The third kappa shape index (κ3) is 2.05. The third-order valence-electron chi connectivity index (χ3n) is 2.41. The summed E-state index contributed by atoms with van der Waals surface area (Å²) in [5.41, 5.74) is 0.790. The van der Waals surface area contributed by atoms with E-state index in [1.807, 2.05) is 30.8 Å². The lowest BCUT2D eigenvalue weighted by atomic mass is 10.4. The molecule has 0 aromatic carbocycles. The van der Waals surface area contributed by atoms with E-state index in [1.165, 1.54) is 4.90 Å². The van der Waals surface area contributed by atoms with Gasteiger partial charge in [-0.15, -0.1) is 0 Å². The topological polar surface area (TPSA) is 67.2 Å². The minimum atomic E-state index is -0.343. The predicted molar refractivity (Wildman–Crippen MR) is 56.6 cm³/mol. The molecule has 0 spiro atoms. The summed E-state index contributed by atoms with van der Waals surface area (Å²) in [5.74, 6) is -0.256. The molecule has 86 valence electrons. The molecule has 1 N–H and O–H groups in total. The van der Waals surface area contributed by atoms with Crippen LogP contribution in [-0.2, 0) is 11.3 Å². The van der Waals surface area contributed by atoms with E-state index in [9.17, 15) is 9.59 Å². The Kier molecular flexibility index (Phi) is 2.64. The highest BCUT2D eigenvalue weighted by Gasteiger charge is 2.26. The number of urea groups is 1. The molecular weight excluding hydrogens is 208 g/mol. The number of carbonyl (C=O) groups is 2. The van der Waals surface area contributed by atoms with E-state index < -0.39 is 0 Å². The number of nitrogens with zero attached hydrogens (tertiary/aromatic N) is 3. The first-order valence-corrected chi connectivity index (χ1v) is 5.19. The average molecular weight is 222 g/mol. The normalized spacial score (nSPS) is 16.1. The first-order valence-electron chi connectivity index (χ1n) is 5.19. The van der Waals surface area contributed by atoms with Gasteiger partial charge in [0.2, 0.25) is 5.91 Å². The molecule has 1 saturated heterocycles. The average Bonchev–Trinajstić information content (AvgIpc) is 2.75. The van der Waals surface area contributed by atoms with Crippen molar-refractivity contribution in [1.82, 2.24) is 20.0 Å². The summed E-state index contributed by atoms with van der Waals surface area (Å²) in [6, 6.07) is 1.81. The van der Waals surface area contributed by atoms with E-state index in [0.29, 0.717) is 12.6 Å². The highest BCUT2D eigenvalue weighted by molar-refractivity contribution is 6.01. The molecule has 6 nitrogen and oxygen atoms in total. The second-order valence-electron chi connectivity index (χ2n) is 4.09. The number of amides is 3. The van der Waals surface area contributed by atoms with Gasteiger partial charge in [0, 0.05) is 12.2 Å². The van der Waals surface area contributed by atoms with E-state index in [2.05, 4.69) is 10.4 Å². The number of hydrogen-bond acceptors (Lipinski definition) is 3. The Labute approximate surface area is 93.2 Å². The molecule has 6 heteroatoms. The van der Waals surface area contributed by atoms with E-state index >= 15 is 0 Å². The Morgan fingerprint density at radius 2 is 2.25 bits per heavy atom. The minimum Gasteiger partial charge on any atom is -0.309 e. The van der Waals surface area contributed by atoms with Crippen LogP contribution in [0.15, 0.2) is 12.3 Å². The summed E-state index contributed by atoms with van der Waals surface area (Å²) >= 11 is 0. The molecule has 0 unspecified atom stereocenters. The predicted octanol–water partition coefficient (Wildman–Crippen LogP) is 0.516. The molecule has 1 aromatic heterocycles. The lowest BCUT2D eigenvalue weighted by molar-refractivity contribution is -0.118. The molecule has 0 saturated carbocycles. The molecule has 1 aromatic rings. The molecule has 1 fully saturated rings. The van der Waals surface area contributed by atoms with Crippen molar-refractivity contribution in [3.05, 3.63) is 18.0 Å². The van der Waals surface area contributed by atoms with E-state index in [4.69, 9.17) is 0 Å². The number of rotatable bonds is 3. The van der Waals surface area contributed by atoms with Crippen molar-refractivity contribution in [2.75, 3.05) is 6.54 Å². The molecule has 16 heavy (non-hydrogen) atoms. The van der Waals surface area contributed by atoms with Crippen LogP contribution in [-0.4, -0.2) is 33.2 Å². The van der Waals surface area contributed by atoms with Crippen LogP contribution < -0.4 is 5.32 Å². The van der Waals surface area contributed by atoms with Crippen molar-refractivity contribution >= 4 is 11.9 Å². The largest absolute Gasteiger partial charge is 0.324 e. The highest BCUT2D eigenvalue weighted by atomic mass is 16.2. The zero-order chi connectivity index (χ0) is 11.7. The smallest absolute Gasteiger partial charge is 0.309 e. The van der Waals surface area contributed by atoms with Gasteiger partial charge in [-0.25, -0.2) is 4.79 Å². The Balaban J connectivity index is 2.04. The van der Waals surface area contributed by atoms with Gasteiger partial charge in [0.05, 0.1) is 12.2 Å². The first kappa shape index (κ1) is 10.7. The van der Waals surface area contributed by atoms with Crippen molar-refractivity contribution in [3.8, 4) is 0 Å². The Bertz CT molecular complexity index is 424. The van der Waals surface area contributed by atoms with Crippen LogP contribution in [0.2, 0.25) is 0 Å². The maximum Gasteiger partial charge on any atom is 0.324 e. The van der Waals surface area contributed by atoms with Gasteiger partial charge in [0.1, 0.15) is 6.54 Å². The molecule has 2 heterocycles. The van der Waals surface area contributed by atoms with Crippen molar-refractivity contribution in [2.24, 2.45) is 0 Å². The zero-order valence-corrected chi connectivity index (χ0v) is 9.30. The standard InChI is InChI=1S/C10H14N4O2/c1-7(2)14-4-3-8(12-14)5-13-6-9(15)11-10(13)16/h3-4,7H,5-6H2,1-2H3,(H,11,15,16). The Morgan fingerprint density at radius 3 is 2.75 bits per heavy atom. The second-order valence-corrected chi connectivity index (χ2v) is 4.09. The van der Waals surface area contributed by atoms with Gasteiger partial charge >= 0.3 is 6.03 Å². The maximum absolute atomic E-state index is 11.3. The van der Waals surface area contributed by atoms with Gasteiger partial charge in [0.15, 0.2) is 0 Å². The fraction of sp³-hybridized carbons (Fsp3) is 0.500. The van der Waals surface area contributed by atoms with Gasteiger partial charge in [-0.1, -0.05) is 0 Å². The minimum absolute atomic E-state index is 0.118. The summed E-state index contributed by atoms with van der Waals surface area (Å²) in [5, 5.41) is 6.55. The van der Waals surface area contributed by atoms with Gasteiger partial charge in [-0.05, 0) is 19.9 Å². The second kappa shape index (κ2) is 3.96. The lowest BCUT2D eigenvalue weighted by Gasteiger charge is -2.10. The van der Waals surface area contributed by atoms with E-state index in [0.717, 1.165) is 5.69 Å². The van der Waals surface area contributed by atoms with Crippen LogP contribution in [0, 0.1) is 0 Å². The monoisotopic (exact) mass is 222 g/mol. The number of imide groups is 1. The molecule has 0 atom stereocenters. The van der Waals surface area contributed by atoms with Gasteiger partial charge in [0.25, 0.3) is 0 Å². The van der Waals surface area contributed by atoms with Crippen molar-refractivity contribution in [1.29, 1.82) is 0 Å². The molecule has 1 aliphatic rings. The lowest BCUT2D eigenvalue weighted by Crippen LogP contribution is -2.28. The number of nitrogens with one attached hydrogen (secondary N) is 1. The van der Waals surface area contributed by atoms with Gasteiger partial charge in [-0.2, -0.15) is 5.10 Å². The van der Waals surface area contributed by atoms with Crippen LogP contribution in [0.4, 0.5) is 4.79 Å². The van der Waals surface area contributed by atoms with Crippen molar-refractivity contribution < 1.29 is 9.59 Å². The highest BCUT2D eigenvalue weighted by Crippen LogP contribution is 2.08. The molecule has 3 amide bonds.